The lowest BCUT2D eigenvalue weighted by molar-refractivity contribution is 0.479. The lowest BCUT2D eigenvalue weighted by Gasteiger charge is -2.22. The van der Waals surface area contributed by atoms with Crippen molar-refractivity contribution in [2.45, 2.75) is 6.54 Å². The van der Waals surface area contributed by atoms with Crippen molar-refractivity contribution in [2.75, 3.05) is 28.2 Å². The van der Waals surface area contributed by atoms with Gasteiger partial charge in [-0.15, -0.1) is 11.3 Å². The highest BCUT2D eigenvalue weighted by Gasteiger charge is 2.04. The Kier molecular flexibility index (Phi) is 4.32. The molecule has 0 aromatic carbocycles. The number of hydrogen-bond acceptors (Lipinski definition) is 3. The van der Waals surface area contributed by atoms with Gasteiger partial charge in [0.2, 0.25) is 0 Å². The number of thiophene rings is 1. The first kappa shape index (κ1) is 12.5. The van der Waals surface area contributed by atoms with Crippen molar-refractivity contribution in [3.8, 4) is 6.07 Å². The molecule has 0 spiro atoms. The maximum Gasteiger partial charge on any atom is 0.195 e. The maximum absolute atomic E-state index is 8.71. The number of rotatable bonds is 2. The van der Waals surface area contributed by atoms with Crippen LogP contribution in [0.5, 0.6) is 0 Å². The average Bonchev–Trinajstić information content (AvgIpc) is 2.65. The fourth-order valence-electron chi connectivity index (χ4n) is 1.35. The Morgan fingerprint density at radius 2 is 1.94 bits per heavy atom. The van der Waals surface area contributed by atoms with Crippen LogP contribution in [0.2, 0.25) is 0 Å². The highest BCUT2D eigenvalue weighted by Crippen LogP contribution is 2.16. The molecule has 0 unspecified atom stereocenters. The highest BCUT2D eigenvalue weighted by molar-refractivity contribution is 7.12. The van der Waals surface area contributed by atoms with Crippen LogP contribution in [0.4, 0.5) is 0 Å². The summed E-state index contributed by atoms with van der Waals surface area (Å²) in [6.45, 7) is 0.623. The van der Waals surface area contributed by atoms with Crippen molar-refractivity contribution in [2.24, 2.45) is 4.99 Å². The molecule has 0 fully saturated rings. The summed E-state index contributed by atoms with van der Waals surface area (Å²) in [5.74, 6) is 0.923. The minimum Gasteiger partial charge on any atom is -0.349 e. The second-order valence-corrected chi connectivity index (χ2v) is 4.95. The minimum atomic E-state index is 0.623. The molecule has 0 bridgehead atoms. The summed E-state index contributed by atoms with van der Waals surface area (Å²) in [5, 5.41) is 8.71. The SMILES string of the molecule is CN(C)C(=NCc1ccc(C#N)s1)N(C)C. The average molecular weight is 236 g/mol. The van der Waals surface area contributed by atoms with Crippen LogP contribution in [0.3, 0.4) is 0 Å². The predicted octanol–water partition coefficient (Wildman–Crippen LogP) is 1.60. The number of guanidine groups is 1. The fourth-order valence-corrected chi connectivity index (χ4v) is 2.08. The van der Waals surface area contributed by atoms with E-state index in [2.05, 4.69) is 11.1 Å². The van der Waals surface area contributed by atoms with Crippen molar-refractivity contribution in [1.82, 2.24) is 9.80 Å². The van der Waals surface area contributed by atoms with E-state index in [1.807, 2.05) is 50.1 Å². The number of aliphatic imine (C=N–C) groups is 1. The molecule has 1 aromatic rings. The topological polar surface area (TPSA) is 42.6 Å². The first-order valence-electron chi connectivity index (χ1n) is 4.92. The van der Waals surface area contributed by atoms with E-state index in [-0.39, 0.29) is 0 Å². The quantitative estimate of drug-likeness (QED) is 0.578. The van der Waals surface area contributed by atoms with E-state index in [1.54, 1.807) is 0 Å². The van der Waals surface area contributed by atoms with Gasteiger partial charge < -0.3 is 9.80 Å². The van der Waals surface area contributed by atoms with Crippen molar-refractivity contribution in [3.63, 3.8) is 0 Å². The molecule has 1 rings (SSSR count). The van der Waals surface area contributed by atoms with Gasteiger partial charge in [-0.3, -0.25) is 0 Å². The monoisotopic (exact) mass is 236 g/mol. The van der Waals surface area contributed by atoms with Crippen molar-refractivity contribution in [3.05, 3.63) is 21.9 Å². The summed E-state index contributed by atoms with van der Waals surface area (Å²) in [6.07, 6.45) is 0. The number of hydrogen-bond donors (Lipinski definition) is 0. The molecule has 0 saturated heterocycles. The summed E-state index contributed by atoms with van der Waals surface area (Å²) in [7, 11) is 7.86. The van der Waals surface area contributed by atoms with E-state index in [1.165, 1.54) is 11.3 Å². The lowest BCUT2D eigenvalue weighted by atomic mass is 10.4. The smallest absolute Gasteiger partial charge is 0.195 e. The third-order valence-electron chi connectivity index (χ3n) is 1.95. The maximum atomic E-state index is 8.71. The molecule has 1 aromatic heterocycles. The summed E-state index contributed by atoms with van der Waals surface area (Å²) >= 11 is 1.49. The van der Waals surface area contributed by atoms with Gasteiger partial charge in [0.15, 0.2) is 5.96 Å². The molecule has 0 saturated carbocycles. The molecule has 1 heterocycles. The third-order valence-corrected chi connectivity index (χ3v) is 2.92. The Labute approximate surface area is 100 Å². The van der Waals surface area contributed by atoms with Gasteiger partial charge in [-0.1, -0.05) is 0 Å². The molecule has 0 atom stereocenters. The van der Waals surface area contributed by atoms with Gasteiger partial charge in [0.25, 0.3) is 0 Å². The van der Waals surface area contributed by atoms with Crippen LogP contribution in [-0.2, 0) is 6.54 Å². The molecule has 5 heteroatoms. The molecule has 4 nitrogen and oxygen atoms in total. The van der Waals surface area contributed by atoms with Gasteiger partial charge in [-0.2, -0.15) is 5.26 Å². The summed E-state index contributed by atoms with van der Waals surface area (Å²) in [5.41, 5.74) is 0. The molecule has 0 aliphatic carbocycles. The van der Waals surface area contributed by atoms with Crippen LogP contribution in [-0.4, -0.2) is 44.0 Å². The molecule has 86 valence electrons. The lowest BCUT2D eigenvalue weighted by Crippen LogP contribution is -2.35. The van der Waals surface area contributed by atoms with Crippen LogP contribution in [0.15, 0.2) is 17.1 Å². The zero-order valence-electron chi connectivity index (χ0n) is 10.1. The van der Waals surface area contributed by atoms with E-state index in [0.717, 1.165) is 15.7 Å². The Morgan fingerprint density at radius 3 is 2.38 bits per heavy atom. The molecule has 16 heavy (non-hydrogen) atoms. The third kappa shape index (κ3) is 3.24. The summed E-state index contributed by atoms with van der Waals surface area (Å²) in [6, 6.07) is 5.92. The summed E-state index contributed by atoms with van der Waals surface area (Å²) in [4.78, 5) is 10.3. The minimum absolute atomic E-state index is 0.623. The number of nitrogens with zero attached hydrogens (tertiary/aromatic N) is 4. The van der Waals surface area contributed by atoms with E-state index < -0.39 is 0 Å². The van der Waals surface area contributed by atoms with E-state index >= 15 is 0 Å². The standard InChI is InChI=1S/C11H16N4S/c1-14(2)11(15(3)4)13-8-10-6-5-9(7-12)16-10/h5-6H,8H2,1-4H3. The fraction of sp³-hybridized carbons (Fsp3) is 0.455. The van der Waals surface area contributed by atoms with Crippen LogP contribution in [0.1, 0.15) is 9.75 Å². The van der Waals surface area contributed by atoms with Gasteiger partial charge in [-0.05, 0) is 12.1 Å². The summed E-state index contributed by atoms with van der Waals surface area (Å²) < 4.78 is 0. The zero-order valence-corrected chi connectivity index (χ0v) is 10.9. The molecule has 0 N–H and O–H groups in total. The molecule has 0 radical (unpaired) electrons. The largest absolute Gasteiger partial charge is 0.349 e. The Balaban J connectivity index is 2.74. The van der Waals surface area contributed by atoms with E-state index in [0.29, 0.717) is 6.54 Å². The van der Waals surface area contributed by atoms with Crippen molar-refractivity contribution >= 4 is 17.3 Å². The van der Waals surface area contributed by atoms with Gasteiger partial charge in [0.1, 0.15) is 10.9 Å². The molecular formula is C11H16N4S. The molecule has 0 aliphatic heterocycles. The van der Waals surface area contributed by atoms with Gasteiger partial charge >= 0.3 is 0 Å². The van der Waals surface area contributed by atoms with Crippen LogP contribution < -0.4 is 0 Å². The van der Waals surface area contributed by atoms with Crippen molar-refractivity contribution < 1.29 is 0 Å². The van der Waals surface area contributed by atoms with E-state index in [4.69, 9.17) is 5.26 Å². The highest BCUT2D eigenvalue weighted by atomic mass is 32.1. The second kappa shape index (κ2) is 5.52. The molecular weight excluding hydrogens is 220 g/mol. The predicted molar refractivity (Wildman–Crippen MR) is 67.5 cm³/mol. The van der Waals surface area contributed by atoms with Crippen LogP contribution in [0.25, 0.3) is 0 Å². The molecule has 0 amide bonds. The van der Waals surface area contributed by atoms with Crippen LogP contribution >= 0.6 is 11.3 Å². The van der Waals surface area contributed by atoms with Gasteiger partial charge in [0.05, 0.1) is 6.54 Å². The Hall–Kier alpha value is -1.54. The zero-order chi connectivity index (χ0) is 12.1. The Morgan fingerprint density at radius 1 is 1.31 bits per heavy atom. The second-order valence-electron chi connectivity index (χ2n) is 3.78. The van der Waals surface area contributed by atoms with E-state index in [9.17, 15) is 0 Å². The number of nitriles is 1. The first-order valence-corrected chi connectivity index (χ1v) is 5.74. The normalized spacial score (nSPS) is 9.44. The first-order chi connectivity index (χ1) is 7.54. The Bertz CT molecular complexity index is 402. The molecule has 0 aliphatic rings. The van der Waals surface area contributed by atoms with Crippen LogP contribution in [0, 0.1) is 11.3 Å². The van der Waals surface area contributed by atoms with Gasteiger partial charge in [0, 0.05) is 33.1 Å². The van der Waals surface area contributed by atoms with Crippen molar-refractivity contribution in [1.29, 1.82) is 5.26 Å². The van der Waals surface area contributed by atoms with Gasteiger partial charge in [-0.25, -0.2) is 4.99 Å².